The lowest BCUT2D eigenvalue weighted by Crippen LogP contribution is -2.11. The van der Waals surface area contributed by atoms with Gasteiger partial charge in [-0.3, -0.25) is 4.79 Å². The fourth-order valence-corrected chi connectivity index (χ4v) is 2.34. The molecule has 0 atom stereocenters. The van der Waals surface area contributed by atoms with Crippen molar-refractivity contribution in [2.75, 3.05) is 13.7 Å². The molecule has 1 N–H and O–H groups in total. The van der Waals surface area contributed by atoms with Crippen molar-refractivity contribution in [2.24, 2.45) is 0 Å². The Hall–Kier alpha value is -2.36. The van der Waals surface area contributed by atoms with E-state index in [9.17, 15) is 9.18 Å². The van der Waals surface area contributed by atoms with E-state index in [1.54, 1.807) is 19.2 Å². The van der Waals surface area contributed by atoms with Crippen molar-refractivity contribution in [1.29, 1.82) is 0 Å². The fraction of sp³-hybridized carbons (Fsp3) is 0.278. The Balaban J connectivity index is 0.000000309. The highest BCUT2D eigenvalue weighted by Crippen LogP contribution is 2.38. The Labute approximate surface area is 130 Å². The molecule has 4 heteroatoms. The molecule has 116 valence electrons. The summed E-state index contributed by atoms with van der Waals surface area (Å²) in [6, 6.07) is 11.1. The number of hydrogen-bond donors (Lipinski definition) is 1. The van der Waals surface area contributed by atoms with Gasteiger partial charge in [0.05, 0.1) is 6.61 Å². The van der Waals surface area contributed by atoms with Gasteiger partial charge in [0.25, 0.3) is 0 Å². The fourth-order valence-electron chi connectivity index (χ4n) is 2.34. The number of benzene rings is 2. The predicted molar refractivity (Wildman–Crippen MR) is 85.5 cm³/mol. The second kappa shape index (κ2) is 7.07. The molecule has 2 aromatic carbocycles. The largest absolute Gasteiger partial charge is 0.492 e. The van der Waals surface area contributed by atoms with E-state index in [1.165, 1.54) is 6.92 Å². The quantitative estimate of drug-likeness (QED) is 0.875. The summed E-state index contributed by atoms with van der Waals surface area (Å²) < 4.78 is 19.2. The molecule has 1 aliphatic rings. The topological polar surface area (TPSA) is 38.3 Å². The zero-order chi connectivity index (χ0) is 16.1. The van der Waals surface area contributed by atoms with Gasteiger partial charge in [0.1, 0.15) is 11.6 Å². The van der Waals surface area contributed by atoms with Gasteiger partial charge in [-0.25, -0.2) is 4.39 Å². The molecule has 0 radical (unpaired) electrons. The molecule has 0 aliphatic carbocycles. The molecule has 22 heavy (non-hydrogen) atoms. The van der Waals surface area contributed by atoms with Gasteiger partial charge in [0.15, 0.2) is 0 Å². The molecule has 3 nitrogen and oxygen atoms in total. The second-order valence-electron chi connectivity index (χ2n) is 5.16. The summed E-state index contributed by atoms with van der Waals surface area (Å²) in [5.41, 5.74) is 4.03. The van der Waals surface area contributed by atoms with Crippen molar-refractivity contribution in [1.82, 2.24) is 5.32 Å². The molecule has 1 amide bonds. The smallest absolute Gasteiger partial charge is 0.216 e. The number of nitrogens with one attached hydrogen (secondary N) is 1. The van der Waals surface area contributed by atoms with E-state index in [0.29, 0.717) is 6.61 Å². The summed E-state index contributed by atoms with van der Waals surface area (Å²) in [5, 5.41) is 2.39. The average Bonchev–Trinajstić information content (AvgIpc) is 2.95. The second-order valence-corrected chi connectivity index (χ2v) is 5.16. The first kappa shape index (κ1) is 16.0. The predicted octanol–water partition coefficient (Wildman–Crippen LogP) is 3.49. The Kier molecular flexibility index (Phi) is 5.15. The maximum Gasteiger partial charge on any atom is 0.216 e. The lowest BCUT2D eigenvalue weighted by Gasteiger charge is -2.11. The molecule has 3 rings (SSSR count). The van der Waals surface area contributed by atoms with E-state index < -0.39 is 0 Å². The minimum atomic E-state index is -0.187. The first-order valence-electron chi connectivity index (χ1n) is 7.22. The number of hydrogen-bond acceptors (Lipinski definition) is 2. The van der Waals surface area contributed by atoms with Crippen LogP contribution in [0.5, 0.6) is 5.75 Å². The molecule has 0 bridgehead atoms. The molecule has 0 fully saturated rings. The SMILES string of the molecule is CNC(C)=O.Cc1ccccc1-c1cc(F)cc2c1OCC2. The molecule has 2 aromatic rings. The van der Waals surface area contributed by atoms with Gasteiger partial charge in [-0.15, -0.1) is 0 Å². The van der Waals surface area contributed by atoms with Gasteiger partial charge in [0, 0.05) is 31.5 Å². The van der Waals surface area contributed by atoms with Crippen LogP contribution in [0.3, 0.4) is 0 Å². The summed E-state index contributed by atoms with van der Waals surface area (Å²) in [6.45, 7) is 4.15. The third kappa shape index (κ3) is 3.64. The molecule has 0 saturated heterocycles. The van der Waals surface area contributed by atoms with Crippen LogP contribution in [0.2, 0.25) is 0 Å². The maximum absolute atomic E-state index is 13.6. The number of ether oxygens (including phenoxy) is 1. The van der Waals surface area contributed by atoms with E-state index >= 15 is 0 Å². The zero-order valence-corrected chi connectivity index (χ0v) is 13.1. The van der Waals surface area contributed by atoms with Crippen LogP contribution in [0.4, 0.5) is 4.39 Å². The van der Waals surface area contributed by atoms with Crippen LogP contribution in [-0.4, -0.2) is 19.6 Å². The molecule has 0 saturated carbocycles. The standard InChI is InChI=1S/C15H13FO.C3H7NO/c1-10-4-2-3-5-13(10)14-9-12(16)8-11-6-7-17-15(11)14;1-3(5)4-2/h2-5,8-9H,6-7H2,1H3;1-2H3,(H,4,5). The van der Waals surface area contributed by atoms with Crippen molar-refractivity contribution in [3.63, 3.8) is 0 Å². The third-order valence-electron chi connectivity index (χ3n) is 3.54. The number of carbonyl (C=O) groups is 1. The highest BCUT2D eigenvalue weighted by Gasteiger charge is 2.19. The highest BCUT2D eigenvalue weighted by molar-refractivity contribution is 5.75. The minimum Gasteiger partial charge on any atom is -0.492 e. The molecule has 0 spiro atoms. The van der Waals surface area contributed by atoms with Crippen LogP contribution in [0.1, 0.15) is 18.1 Å². The first-order chi connectivity index (χ1) is 10.5. The van der Waals surface area contributed by atoms with Crippen LogP contribution in [0, 0.1) is 12.7 Å². The molecule has 0 aromatic heterocycles. The number of carbonyl (C=O) groups excluding carboxylic acids is 1. The summed E-state index contributed by atoms with van der Waals surface area (Å²) in [5.74, 6) is 0.665. The highest BCUT2D eigenvalue weighted by atomic mass is 19.1. The minimum absolute atomic E-state index is 0.00463. The normalized spacial score (nSPS) is 11.8. The van der Waals surface area contributed by atoms with Gasteiger partial charge in [-0.2, -0.15) is 0 Å². The van der Waals surface area contributed by atoms with E-state index in [0.717, 1.165) is 34.4 Å². The molecule has 1 aliphatic heterocycles. The van der Waals surface area contributed by atoms with Crippen LogP contribution in [0.15, 0.2) is 36.4 Å². The van der Waals surface area contributed by atoms with E-state index in [1.807, 2.05) is 31.2 Å². The lowest BCUT2D eigenvalue weighted by molar-refractivity contribution is -0.118. The molecule has 0 unspecified atom stereocenters. The molecular weight excluding hydrogens is 281 g/mol. The van der Waals surface area contributed by atoms with Gasteiger partial charge in [-0.05, 0) is 30.2 Å². The van der Waals surface area contributed by atoms with E-state index in [2.05, 4.69) is 5.32 Å². The van der Waals surface area contributed by atoms with Gasteiger partial charge in [0.2, 0.25) is 5.91 Å². The Morgan fingerprint density at radius 2 is 1.91 bits per heavy atom. The number of rotatable bonds is 1. The van der Waals surface area contributed by atoms with Gasteiger partial charge < -0.3 is 10.1 Å². The number of fused-ring (bicyclic) bond motifs is 1. The summed E-state index contributed by atoms with van der Waals surface area (Å²) in [6.07, 6.45) is 0.798. The molecular formula is C18H20FNO2. The molecule has 1 heterocycles. The zero-order valence-electron chi connectivity index (χ0n) is 13.1. The van der Waals surface area contributed by atoms with Gasteiger partial charge >= 0.3 is 0 Å². The van der Waals surface area contributed by atoms with Crippen LogP contribution < -0.4 is 10.1 Å². The Bertz CT molecular complexity index is 683. The maximum atomic E-state index is 13.6. The Morgan fingerprint density at radius 3 is 2.55 bits per heavy atom. The van der Waals surface area contributed by atoms with E-state index in [4.69, 9.17) is 4.74 Å². The van der Waals surface area contributed by atoms with Crippen LogP contribution in [-0.2, 0) is 11.2 Å². The van der Waals surface area contributed by atoms with Crippen molar-refractivity contribution in [3.05, 3.63) is 53.3 Å². The first-order valence-corrected chi connectivity index (χ1v) is 7.22. The summed E-state index contributed by atoms with van der Waals surface area (Å²) >= 11 is 0. The van der Waals surface area contributed by atoms with Crippen LogP contribution in [0.25, 0.3) is 11.1 Å². The monoisotopic (exact) mass is 301 g/mol. The number of halogens is 1. The van der Waals surface area contributed by atoms with Crippen LogP contribution >= 0.6 is 0 Å². The Morgan fingerprint density at radius 1 is 1.23 bits per heavy atom. The van der Waals surface area contributed by atoms with Crippen molar-refractivity contribution in [3.8, 4) is 16.9 Å². The average molecular weight is 301 g/mol. The number of aryl methyl sites for hydroxylation is 1. The third-order valence-corrected chi connectivity index (χ3v) is 3.54. The summed E-state index contributed by atoms with van der Waals surface area (Å²) in [7, 11) is 1.60. The van der Waals surface area contributed by atoms with Gasteiger partial charge in [-0.1, -0.05) is 24.3 Å². The lowest BCUT2D eigenvalue weighted by atomic mass is 9.97. The van der Waals surface area contributed by atoms with Crippen molar-refractivity contribution in [2.45, 2.75) is 20.3 Å². The van der Waals surface area contributed by atoms with E-state index in [-0.39, 0.29) is 11.7 Å². The van der Waals surface area contributed by atoms with Crippen molar-refractivity contribution >= 4 is 5.91 Å². The summed E-state index contributed by atoms with van der Waals surface area (Å²) in [4.78, 5) is 9.70. The van der Waals surface area contributed by atoms with Crippen molar-refractivity contribution < 1.29 is 13.9 Å². The number of amides is 1.